The topological polar surface area (TPSA) is 3.24 Å². The molecular weight excluding hydrogens is 314 g/mol. The van der Waals surface area contributed by atoms with E-state index in [4.69, 9.17) is 6.42 Å². The first-order chi connectivity index (χ1) is 12.7. The number of hydrogen-bond donors (Lipinski definition) is 0. The highest BCUT2D eigenvalue weighted by Crippen LogP contribution is 2.77. The Labute approximate surface area is 161 Å². The molecule has 0 aromatic carbocycles. The van der Waals surface area contributed by atoms with Crippen molar-refractivity contribution in [1.82, 2.24) is 4.90 Å². The molecule has 1 nitrogen and oxygen atoms in total. The van der Waals surface area contributed by atoms with E-state index in [0.29, 0.717) is 10.8 Å². The number of nitrogens with zero attached hydrogens (tertiary/aromatic N) is 1. The summed E-state index contributed by atoms with van der Waals surface area (Å²) in [6, 6.07) is 2.76. The summed E-state index contributed by atoms with van der Waals surface area (Å²) in [5.74, 6) is 4.12. The van der Waals surface area contributed by atoms with E-state index < -0.39 is 0 Å². The second-order valence-corrected chi connectivity index (χ2v) is 10.9. The minimum absolute atomic E-state index is 0.368. The Morgan fingerprint density at radius 2 is 1.08 bits per heavy atom. The minimum atomic E-state index is 0.368. The van der Waals surface area contributed by atoms with Gasteiger partial charge in [0.05, 0.1) is 0 Å². The molecule has 26 heavy (non-hydrogen) atoms. The molecule has 2 bridgehead atoms. The molecule has 6 saturated carbocycles. The van der Waals surface area contributed by atoms with Gasteiger partial charge in [0.25, 0.3) is 0 Å². The van der Waals surface area contributed by atoms with Crippen LogP contribution in [-0.4, -0.2) is 23.0 Å². The van der Waals surface area contributed by atoms with Crippen LogP contribution < -0.4 is 0 Å². The zero-order valence-corrected chi connectivity index (χ0v) is 16.9. The fourth-order valence-electron chi connectivity index (χ4n) is 8.09. The Hall–Kier alpha value is -0.480. The Morgan fingerprint density at radius 1 is 0.615 bits per heavy atom. The summed E-state index contributed by atoms with van der Waals surface area (Å²) in [7, 11) is 0. The van der Waals surface area contributed by atoms with Gasteiger partial charge in [-0.15, -0.1) is 6.42 Å². The summed E-state index contributed by atoms with van der Waals surface area (Å²) in [4.78, 5) is 3.12. The monoisotopic (exact) mass is 353 g/mol. The molecule has 0 heterocycles. The highest BCUT2D eigenvalue weighted by atomic mass is 15.2. The third-order valence-corrected chi connectivity index (χ3v) is 9.35. The van der Waals surface area contributed by atoms with Crippen LogP contribution in [0.2, 0.25) is 0 Å². The summed E-state index contributed by atoms with van der Waals surface area (Å²) < 4.78 is 0. The fourth-order valence-corrected chi connectivity index (χ4v) is 8.09. The molecule has 1 heteroatoms. The lowest BCUT2D eigenvalue weighted by atomic mass is 9.31. The van der Waals surface area contributed by atoms with Crippen LogP contribution in [0.25, 0.3) is 0 Å². The van der Waals surface area contributed by atoms with Crippen molar-refractivity contribution in [2.45, 2.75) is 127 Å². The normalized spacial score (nSPS) is 44.2. The third kappa shape index (κ3) is 2.87. The molecule has 144 valence electrons. The highest BCUT2D eigenvalue weighted by Gasteiger charge is 2.69. The van der Waals surface area contributed by atoms with Gasteiger partial charge in [-0.25, -0.2) is 0 Å². The molecule has 0 atom stereocenters. The van der Waals surface area contributed by atoms with Crippen LogP contribution >= 0.6 is 0 Å². The van der Waals surface area contributed by atoms with Crippen molar-refractivity contribution in [3.8, 4) is 12.3 Å². The first-order valence-electron chi connectivity index (χ1n) is 12.0. The molecule has 0 unspecified atom stereocenters. The van der Waals surface area contributed by atoms with E-state index in [1.165, 1.54) is 109 Å². The molecule has 0 saturated heterocycles. The minimum Gasteiger partial charge on any atom is -0.294 e. The lowest BCUT2D eigenvalue weighted by Crippen LogP contribution is -2.65. The maximum atomic E-state index is 5.76. The second kappa shape index (κ2) is 6.84. The highest BCUT2D eigenvalue weighted by molar-refractivity contribution is 5.29. The van der Waals surface area contributed by atoms with Gasteiger partial charge in [-0.2, -0.15) is 0 Å². The Balaban J connectivity index is 1.23. The zero-order chi connectivity index (χ0) is 17.6. The van der Waals surface area contributed by atoms with E-state index in [1.54, 1.807) is 0 Å². The van der Waals surface area contributed by atoms with Crippen LogP contribution in [0.15, 0.2) is 0 Å². The molecule has 6 aliphatic carbocycles. The number of rotatable bonds is 4. The largest absolute Gasteiger partial charge is 0.294 e. The molecule has 6 aliphatic rings. The summed E-state index contributed by atoms with van der Waals surface area (Å²) >= 11 is 0. The molecule has 0 N–H and O–H groups in total. The van der Waals surface area contributed by atoms with E-state index in [0.717, 1.165) is 24.0 Å². The molecule has 0 spiro atoms. The average Bonchev–Trinajstić information content (AvgIpc) is 2.63. The average molecular weight is 354 g/mol. The predicted molar refractivity (Wildman–Crippen MR) is 109 cm³/mol. The van der Waals surface area contributed by atoms with Gasteiger partial charge in [-0.1, -0.05) is 44.4 Å². The predicted octanol–water partition coefficient (Wildman–Crippen LogP) is 6.32. The quantitative estimate of drug-likeness (QED) is 0.535. The van der Waals surface area contributed by atoms with Crippen LogP contribution in [0, 0.1) is 29.1 Å². The molecule has 0 aliphatic heterocycles. The molecule has 0 aromatic heterocycles. The van der Waals surface area contributed by atoms with Gasteiger partial charge >= 0.3 is 0 Å². The summed E-state index contributed by atoms with van der Waals surface area (Å²) in [5.41, 5.74) is 1.07. The summed E-state index contributed by atoms with van der Waals surface area (Å²) in [6.07, 6.45) is 30.8. The third-order valence-electron chi connectivity index (χ3n) is 9.35. The van der Waals surface area contributed by atoms with E-state index in [-0.39, 0.29) is 0 Å². The van der Waals surface area contributed by atoms with Crippen LogP contribution in [-0.2, 0) is 0 Å². The molecule has 6 rings (SSSR count). The van der Waals surface area contributed by atoms with Crippen LogP contribution in [0.4, 0.5) is 0 Å². The van der Waals surface area contributed by atoms with Crippen molar-refractivity contribution >= 4 is 0 Å². The maximum Gasteiger partial charge on any atom is 0.0328 e. The van der Waals surface area contributed by atoms with Gasteiger partial charge in [0.1, 0.15) is 0 Å². The standard InChI is InChI=1S/C25H39N/c1-2-24-17-25(18-24,19-24)20-13-15-23(16-14-20)26(21-9-5-3-6-10-21)22-11-7-4-8-12-22/h1,20-23H,3-19H2. The van der Waals surface area contributed by atoms with Crippen LogP contribution in [0.5, 0.6) is 0 Å². The van der Waals surface area contributed by atoms with Crippen molar-refractivity contribution in [3.63, 3.8) is 0 Å². The fraction of sp³-hybridized carbons (Fsp3) is 0.920. The van der Waals surface area contributed by atoms with Gasteiger partial charge in [0.2, 0.25) is 0 Å². The van der Waals surface area contributed by atoms with Gasteiger partial charge in [0, 0.05) is 23.5 Å². The lowest BCUT2D eigenvalue weighted by molar-refractivity contribution is -0.208. The van der Waals surface area contributed by atoms with Gasteiger partial charge in [-0.05, 0) is 82.0 Å². The molecule has 0 radical (unpaired) electrons. The Bertz CT molecular complexity index is 499. The van der Waals surface area contributed by atoms with Crippen molar-refractivity contribution < 1.29 is 0 Å². The van der Waals surface area contributed by atoms with Crippen molar-refractivity contribution in [3.05, 3.63) is 0 Å². The van der Waals surface area contributed by atoms with Crippen LogP contribution in [0.3, 0.4) is 0 Å². The lowest BCUT2D eigenvalue weighted by Gasteiger charge is -2.72. The summed E-state index contributed by atoms with van der Waals surface area (Å²) in [6.45, 7) is 0. The maximum absolute atomic E-state index is 5.76. The first kappa shape index (κ1) is 17.6. The molecule has 6 fully saturated rings. The second-order valence-electron chi connectivity index (χ2n) is 10.9. The smallest absolute Gasteiger partial charge is 0.0328 e. The van der Waals surface area contributed by atoms with Gasteiger partial charge in [-0.3, -0.25) is 4.90 Å². The van der Waals surface area contributed by atoms with E-state index in [2.05, 4.69) is 10.8 Å². The molecule has 0 aromatic rings. The SMILES string of the molecule is C#CC12CC(C3CCC(N(C4CCCCC4)C4CCCCC4)CC3)(C1)C2. The van der Waals surface area contributed by atoms with E-state index >= 15 is 0 Å². The zero-order valence-electron chi connectivity index (χ0n) is 16.9. The Kier molecular flexibility index (Phi) is 4.63. The van der Waals surface area contributed by atoms with E-state index in [9.17, 15) is 0 Å². The van der Waals surface area contributed by atoms with Crippen molar-refractivity contribution in [1.29, 1.82) is 0 Å². The summed E-state index contributed by atoms with van der Waals surface area (Å²) in [5, 5.41) is 0. The number of terminal acetylenes is 1. The van der Waals surface area contributed by atoms with Gasteiger partial charge < -0.3 is 0 Å². The Morgan fingerprint density at radius 3 is 1.54 bits per heavy atom. The van der Waals surface area contributed by atoms with Crippen LogP contribution in [0.1, 0.15) is 109 Å². The molecular formula is C25H39N. The first-order valence-corrected chi connectivity index (χ1v) is 12.0. The number of hydrogen-bond acceptors (Lipinski definition) is 1. The van der Waals surface area contributed by atoms with Gasteiger partial charge in [0.15, 0.2) is 0 Å². The van der Waals surface area contributed by atoms with E-state index in [1.807, 2.05) is 0 Å². The van der Waals surface area contributed by atoms with Crippen molar-refractivity contribution in [2.75, 3.05) is 0 Å². The van der Waals surface area contributed by atoms with Crippen molar-refractivity contribution in [2.24, 2.45) is 16.7 Å². The molecule has 0 amide bonds.